The zero-order valence-electron chi connectivity index (χ0n) is 15.7. The van der Waals surface area contributed by atoms with Gasteiger partial charge in [0.05, 0.1) is 10.6 Å². The second kappa shape index (κ2) is 8.10. The van der Waals surface area contributed by atoms with Crippen molar-refractivity contribution in [1.29, 1.82) is 0 Å². The molecule has 0 aliphatic carbocycles. The fourth-order valence-corrected chi connectivity index (χ4v) is 4.68. The molecule has 1 fully saturated rings. The molecule has 2 aromatic heterocycles. The summed E-state index contributed by atoms with van der Waals surface area (Å²) in [6, 6.07) is 0.854. The predicted octanol–water partition coefficient (Wildman–Crippen LogP) is 2.77. The fourth-order valence-electron chi connectivity index (χ4n) is 3.49. The lowest BCUT2D eigenvalue weighted by molar-refractivity contribution is -0.137. The van der Waals surface area contributed by atoms with E-state index in [-0.39, 0.29) is 28.5 Å². The van der Waals surface area contributed by atoms with Crippen LogP contribution in [-0.4, -0.2) is 57.3 Å². The molecule has 30 heavy (non-hydrogen) atoms. The van der Waals surface area contributed by atoms with Gasteiger partial charge in [-0.3, -0.25) is 14.2 Å². The molecule has 0 aromatic carbocycles. The summed E-state index contributed by atoms with van der Waals surface area (Å²) in [6.07, 6.45) is -1.89. The SMILES string of the molecule is O=C(c1cnc2n(c1=O)CCS2)N1CCCN(c2ncc(C(F)(F)F)cc2Cl)CC1. The van der Waals surface area contributed by atoms with Gasteiger partial charge in [0, 0.05) is 50.9 Å². The van der Waals surface area contributed by atoms with Gasteiger partial charge in [-0.05, 0) is 12.5 Å². The molecule has 0 N–H and O–H groups in total. The summed E-state index contributed by atoms with van der Waals surface area (Å²) in [5, 5.41) is 0.518. The molecular weight excluding hydrogens is 443 g/mol. The molecule has 4 rings (SSSR count). The molecular formula is C18H17ClF3N5O2S. The summed E-state index contributed by atoms with van der Waals surface area (Å²) < 4.78 is 40.0. The average molecular weight is 460 g/mol. The molecule has 2 aromatic rings. The third kappa shape index (κ3) is 4.00. The number of pyridine rings is 1. The number of halogens is 4. The molecule has 1 saturated heterocycles. The van der Waals surface area contributed by atoms with Crippen molar-refractivity contribution in [3.05, 3.63) is 45.0 Å². The topological polar surface area (TPSA) is 71.3 Å². The minimum Gasteiger partial charge on any atom is -0.354 e. The highest BCUT2D eigenvalue weighted by molar-refractivity contribution is 7.99. The van der Waals surface area contributed by atoms with E-state index >= 15 is 0 Å². The first-order valence-corrected chi connectivity index (χ1v) is 10.6. The highest BCUT2D eigenvalue weighted by Crippen LogP contribution is 2.33. The highest BCUT2D eigenvalue weighted by atomic mass is 35.5. The summed E-state index contributed by atoms with van der Waals surface area (Å²) in [7, 11) is 0. The monoisotopic (exact) mass is 459 g/mol. The largest absolute Gasteiger partial charge is 0.417 e. The van der Waals surface area contributed by atoms with Crippen molar-refractivity contribution < 1.29 is 18.0 Å². The van der Waals surface area contributed by atoms with E-state index in [0.29, 0.717) is 37.8 Å². The Balaban J connectivity index is 1.50. The van der Waals surface area contributed by atoms with Crippen LogP contribution in [0.3, 0.4) is 0 Å². The van der Waals surface area contributed by atoms with E-state index in [0.717, 1.165) is 18.0 Å². The summed E-state index contributed by atoms with van der Waals surface area (Å²) in [5.41, 5.74) is -1.23. The van der Waals surface area contributed by atoms with Crippen LogP contribution in [0, 0.1) is 0 Å². The number of carbonyl (C=O) groups excluding carboxylic acids is 1. The van der Waals surface area contributed by atoms with Crippen molar-refractivity contribution in [3.63, 3.8) is 0 Å². The number of aromatic nitrogens is 3. The first-order chi connectivity index (χ1) is 14.3. The van der Waals surface area contributed by atoms with Crippen LogP contribution in [-0.2, 0) is 12.7 Å². The molecule has 2 aliphatic heterocycles. The molecule has 4 heterocycles. The van der Waals surface area contributed by atoms with Crippen LogP contribution < -0.4 is 10.5 Å². The van der Waals surface area contributed by atoms with Gasteiger partial charge in [-0.15, -0.1) is 0 Å². The second-order valence-corrected chi connectivity index (χ2v) is 8.39. The summed E-state index contributed by atoms with van der Waals surface area (Å²) in [6.45, 7) is 2.02. The number of alkyl halides is 3. The normalized spacial score (nSPS) is 17.1. The zero-order valence-corrected chi connectivity index (χ0v) is 17.2. The highest BCUT2D eigenvalue weighted by Gasteiger charge is 2.32. The molecule has 7 nitrogen and oxygen atoms in total. The minimum atomic E-state index is -4.52. The number of thioether (sulfide) groups is 1. The van der Waals surface area contributed by atoms with E-state index in [9.17, 15) is 22.8 Å². The minimum absolute atomic E-state index is 0.0281. The van der Waals surface area contributed by atoms with E-state index in [2.05, 4.69) is 9.97 Å². The maximum absolute atomic E-state index is 12.9. The Kier molecular flexibility index (Phi) is 5.67. The van der Waals surface area contributed by atoms with Gasteiger partial charge in [-0.25, -0.2) is 9.97 Å². The molecule has 0 spiro atoms. The lowest BCUT2D eigenvalue weighted by Crippen LogP contribution is -2.39. The van der Waals surface area contributed by atoms with Crippen molar-refractivity contribution in [3.8, 4) is 0 Å². The first-order valence-electron chi connectivity index (χ1n) is 9.25. The molecule has 0 bridgehead atoms. The number of anilines is 1. The van der Waals surface area contributed by atoms with E-state index in [1.165, 1.54) is 22.5 Å². The second-order valence-electron chi connectivity index (χ2n) is 6.92. The van der Waals surface area contributed by atoms with E-state index in [4.69, 9.17) is 11.6 Å². The smallest absolute Gasteiger partial charge is 0.354 e. The lowest BCUT2D eigenvalue weighted by Gasteiger charge is -2.24. The van der Waals surface area contributed by atoms with Crippen LogP contribution in [0.5, 0.6) is 0 Å². The maximum Gasteiger partial charge on any atom is 0.417 e. The van der Waals surface area contributed by atoms with Gasteiger partial charge in [-0.1, -0.05) is 23.4 Å². The van der Waals surface area contributed by atoms with Crippen molar-refractivity contribution in [2.45, 2.75) is 24.3 Å². The van der Waals surface area contributed by atoms with Gasteiger partial charge in [0.15, 0.2) is 5.16 Å². The van der Waals surface area contributed by atoms with Crippen LogP contribution in [0.25, 0.3) is 0 Å². The van der Waals surface area contributed by atoms with Crippen LogP contribution in [0.15, 0.2) is 28.4 Å². The van der Waals surface area contributed by atoms with Crippen molar-refractivity contribution >= 4 is 35.1 Å². The lowest BCUT2D eigenvalue weighted by atomic mass is 10.2. The molecule has 12 heteroatoms. The number of hydrogen-bond acceptors (Lipinski definition) is 6. The molecule has 0 saturated carbocycles. The Morgan fingerprint density at radius 2 is 1.90 bits per heavy atom. The van der Waals surface area contributed by atoms with Gasteiger partial charge in [-0.2, -0.15) is 13.2 Å². The standard InChI is InChI=1S/C18H17ClF3N5O2S/c19-13-8-11(18(20,21)22)9-23-14(13)25-2-1-3-26(5-4-25)15(28)12-10-24-17-27(16(12)29)6-7-30-17/h8-10H,1-7H2. The number of fused-ring (bicyclic) bond motifs is 1. The van der Waals surface area contributed by atoms with E-state index < -0.39 is 17.6 Å². The summed E-state index contributed by atoms with van der Waals surface area (Å²) in [5.74, 6) is 0.600. The van der Waals surface area contributed by atoms with Gasteiger partial charge in [0.1, 0.15) is 11.4 Å². The third-order valence-electron chi connectivity index (χ3n) is 5.02. The van der Waals surface area contributed by atoms with Crippen LogP contribution in [0.2, 0.25) is 5.02 Å². The quantitative estimate of drug-likeness (QED) is 0.643. The fraction of sp³-hybridized carbons (Fsp3) is 0.444. The molecule has 1 amide bonds. The Morgan fingerprint density at radius 3 is 2.63 bits per heavy atom. The molecule has 0 radical (unpaired) electrons. The molecule has 160 valence electrons. The van der Waals surface area contributed by atoms with Crippen molar-refractivity contribution in [1.82, 2.24) is 19.4 Å². The van der Waals surface area contributed by atoms with Crippen molar-refractivity contribution in [2.24, 2.45) is 0 Å². The van der Waals surface area contributed by atoms with Crippen LogP contribution >= 0.6 is 23.4 Å². The van der Waals surface area contributed by atoms with Crippen molar-refractivity contribution in [2.75, 3.05) is 36.8 Å². The first kappa shape index (κ1) is 21.0. The Morgan fingerprint density at radius 1 is 1.10 bits per heavy atom. The van der Waals surface area contributed by atoms with E-state index in [1.807, 2.05) is 0 Å². The summed E-state index contributed by atoms with van der Waals surface area (Å²) >= 11 is 7.53. The number of nitrogens with zero attached hydrogens (tertiary/aromatic N) is 5. The maximum atomic E-state index is 12.9. The number of carbonyl (C=O) groups is 1. The van der Waals surface area contributed by atoms with Gasteiger partial charge < -0.3 is 9.80 Å². The van der Waals surface area contributed by atoms with Gasteiger partial charge in [0.2, 0.25) is 0 Å². The molecule has 2 aliphatic rings. The van der Waals surface area contributed by atoms with Crippen LogP contribution in [0.4, 0.5) is 19.0 Å². The Bertz CT molecular complexity index is 1050. The third-order valence-corrected chi connectivity index (χ3v) is 6.27. The molecule has 0 unspecified atom stereocenters. The Labute approximate surface area is 178 Å². The van der Waals surface area contributed by atoms with Crippen LogP contribution in [0.1, 0.15) is 22.3 Å². The molecule has 0 atom stereocenters. The Hall–Kier alpha value is -2.27. The van der Waals surface area contributed by atoms with E-state index in [1.54, 1.807) is 9.80 Å². The number of hydrogen-bond donors (Lipinski definition) is 0. The van der Waals surface area contributed by atoms with Gasteiger partial charge >= 0.3 is 6.18 Å². The van der Waals surface area contributed by atoms with Gasteiger partial charge in [0.25, 0.3) is 11.5 Å². The number of rotatable bonds is 2. The zero-order chi connectivity index (χ0) is 21.5. The predicted molar refractivity (Wildman–Crippen MR) is 106 cm³/mol. The average Bonchev–Trinajstić information content (AvgIpc) is 3.05. The summed E-state index contributed by atoms with van der Waals surface area (Å²) in [4.78, 5) is 36.9. The number of amides is 1.